The Morgan fingerprint density at radius 1 is 1.11 bits per heavy atom. The number of benzene rings is 1. The number of phenols is 3. The lowest BCUT2D eigenvalue weighted by Gasteiger charge is -2.14. The third kappa shape index (κ3) is 2.95. The first-order chi connectivity index (χ1) is 9.09. The summed E-state index contributed by atoms with van der Waals surface area (Å²) in [5.41, 5.74) is 1.41. The predicted molar refractivity (Wildman–Crippen MR) is 70.9 cm³/mol. The number of aromatic hydroxyl groups is 3. The van der Waals surface area contributed by atoms with Crippen molar-refractivity contribution in [2.24, 2.45) is 0 Å². The number of aromatic nitrogens is 1. The fourth-order valence-corrected chi connectivity index (χ4v) is 1.75. The molecule has 0 aliphatic carbocycles. The predicted octanol–water partition coefficient (Wildman–Crippen LogP) is 2.05. The van der Waals surface area contributed by atoms with Gasteiger partial charge in [0, 0.05) is 24.3 Å². The third-order valence-electron chi connectivity index (χ3n) is 2.94. The van der Waals surface area contributed by atoms with Crippen LogP contribution in [0.4, 0.5) is 0 Å². The van der Waals surface area contributed by atoms with Gasteiger partial charge in [-0.05, 0) is 25.1 Å². The monoisotopic (exact) mass is 260 g/mol. The summed E-state index contributed by atoms with van der Waals surface area (Å²) < 4.78 is 0. The second-order valence-electron chi connectivity index (χ2n) is 4.30. The number of hydrogen-bond donors (Lipinski definition) is 4. The van der Waals surface area contributed by atoms with Crippen molar-refractivity contribution in [2.75, 3.05) is 0 Å². The lowest BCUT2D eigenvalue weighted by atomic mass is 10.1. The molecule has 0 spiro atoms. The molecule has 4 N–H and O–H groups in total. The third-order valence-corrected chi connectivity index (χ3v) is 2.94. The van der Waals surface area contributed by atoms with Crippen LogP contribution in [0.25, 0.3) is 0 Å². The summed E-state index contributed by atoms with van der Waals surface area (Å²) >= 11 is 0. The number of rotatable bonds is 4. The van der Waals surface area contributed by atoms with E-state index in [1.807, 2.05) is 25.1 Å². The average Bonchev–Trinajstić information content (AvgIpc) is 2.45. The SMILES string of the molecule is C[C@@H](NCc1ccc(O)c(O)c1O)c1ccccn1. The zero-order chi connectivity index (χ0) is 13.8. The summed E-state index contributed by atoms with van der Waals surface area (Å²) in [6.07, 6.45) is 1.72. The van der Waals surface area contributed by atoms with Gasteiger partial charge in [0.25, 0.3) is 0 Å². The first-order valence-corrected chi connectivity index (χ1v) is 5.96. The van der Waals surface area contributed by atoms with Crippen LogP contribution in [0.2, 0.25) is 0 Å². The van der Waals surface area contributed by atoms with E-state index in [1.165, 1.54) is 6.07 Å². The molecule has 5 nitrogen and oxygen atoms in total. The Kier molecular flexibility index (Phi) is 3.87. The molecule has 0 saturated heterocycles. The molecule has 5 heteroatoms. The lowest BCUT2D eigenvalue weighted by Crippen LogP contribution is -2.19. The Bertz CT molecular complexity index is 558. The second kappa shape index (κ2) is 5.58. The molecule has 1 aromatic heterocycles. The Hall–Kier alpha value is -2.27. The van der Waals surface area contributed by atoms with Crippen molar-refractivity contribution in [3.63, 3.8) is 0 Å². The lowest BCUT2D eigenvalue weighted by molar-refractivity contribution is 0.363. The number of pyridine rings is 1. The van der Waals surface area contributed by atoms with Gasteiger partial charge < -0.3 is 20.6 Å². The van der Waals surface area contributed by atoms with E-state index < -0.39 is 5.75 Å². The number of phenolic OH excluding ortho intramolecular Hbond substituents is 3. The van der Waals surface area contributed by atoms with E-state index in [4.69, 9.17) is 0 Å². The molecule has 2 rings (SSSR count). The van der Waals surface area contributed by atoms with Crippen molar-refractivity contribution in [3.05, 3.63) is 47.8 Å². The van der Waals surface area contributed by atoms with Crippen LogP contribution in [0.3, 0.4) is 0 Å². The number of nitrogens with one attached hydrogen (secondary N) is 1. The first-order valence-electron chi connectivity index (χ1n) is 5.96. The quantitative estimate of drug-likeness (QED) is 0.632. The Labute approximate surface area is 111 Å². The maximum Gasteiger partial charge on any atom is 0.200 e. The van der Waals surface area contributed by atoms with Gasteiger partial charge >= 0.3 is 0 Å². The van der Waals surface area contributed by atoms with Crippen LogP contribution < -0.4 is 5.32 Å². The maximum absolute atomic E-state index is 9.70. The summed E-state index contributed by atoms with van der Waals surface area (Å²) in [6, 6.07) is 8.58. The molecule has 2 aromatic rings. The Balaban J connectivity index is 2.05. The van der Waals surface area contributed by atoms with E-state index in [-0.39, 0.29) is 17.5 Å². The second-order valence-corrected chi connectivity index (χ2v) is 4.30. The van der Waals surface area contributed by atoms with Gasteiger partial charge in [0.15, 0.2) is 11.5 Å². The largest absolute Gasteiger partial charge is 0.504 e. The van der Waals surface area contributed by atoms with Gasteiger partial charge in [-0.15, -0.1) is 0 Å². The summed E-state index contributed by atoms with van der Waals surface area (Å²) in [5, 5.41) is 31.6. The van der Waals surface area contributed by atoms with Gasteiger partial charge in [-0.2, -0.15) is 0 Å². The minimum absolute atomic E-state index is 0.0107. The van der Waals surface area contributed by atoms with Crippen LogP contribution in [0.1, 0.15) is 24.2 Å². The van der Waals surface area contributed by atoms with Gasteiger partial charge in [-0.25, -0.2) is 0 Å². The van der Waals surface area contributed by atoms with Crippen molar-refractivity contribution >= 4 is 0 Å². The van der Waals surface area contributed by atoms with Crippen molar-refractivity contribution in [2.45, 2.75) is 19.5 Å². The van der Waals surface area contributed by atoms with Gasteiger partial charge in [-0.3, -0.25) is 4.98 Å². The van der Waals surface area contributed by atoms with Crippen molar-refractivity contribution in [1.29, 1.82) is 0 Å². The maximum atomic E-state index is 9.70. The molecule has 0 amide bonds. The van der Waals surface area contributed by atoms with Crippen molar-refractivity contribution in [1.82, 2.24) is 10.3 Å². The van der Waals surface area contributed by atoms with Crippen LogP contribution in [-0.4, -0.2) is 20.3 Å². The van der Waals surface area contributed by atoms with Gasteiger partial charge in [0.05, 0.1) is 5.69 Å². The molecule has 19 heavy (non-hydrogen) atoms. The fraction of sp³-hybridized carbons (Fsp3) is 0.214. The highest BCUT2D eigenvalue weighted by Gasteiger charge is 2.12. The molecule has 0 saturated carbocycles. The molecule has 0 radical (unpaired) electrons. The summed E-state index contributed by atoms with van der Waals surface area (Å²) in [5.74, 6) is -1.13. The highest BCUT2D eigenvalue weighted by atomic mass is 16.3. The zero-order valence-corrected chi connectivity index (χ0v) is 10.5. The average molecular weight is 260 g/mol. The molecule has 1 atom stereocenters. The fourth-order valence-electron chi connectivity index (χ4n) is 1.75. The van der Waals surface area contributed by atoms with Gasteiger partial charge in [0.2, 0.25) is 5.75 Å². The minimum atomic E-state index is -0.496. The van der Waals surface area contributed by atoms with Crippen LogP contribution in [0.15, 0.2) is 36.5 Å². The molecule has 0 aliphatic rings. The van der Waals surface area contributed by atoms with E-state index in [9.17, 15) is 15.3 Å². The van der Waals surface area contributed by atoms with E-state index in [1.54, 1.807) is 12.3 Å². The Morgan fingerprint density at radius 2 is 1.89 bits per heavy atom. The number of nitrogens with zero attached hydrogens (tertiary/aromatic N) is 1. The van der Waals surface area contributed by atoms with Crippen molar-refractivity contribution < 1.29 is 15.3 Å². The van der Waals surface area contributed by atoms with Crippen molar-refractivity contribution in [3.8, 4) is 17.2 Å². The van der Waals surface area contributed by atoms with Gasteiger partial charge in [-0.1, -0.05) is 12.1 Å². The molecule has 0 fully saturated rings. The van der Waals surface area contributed by atoms with Crippen LogP contribution in [0.5, 0.6) is 17.2 Å². The van der Waals surface area contributed by atoms with Crippen LogP contribution >= 0.6 is 0 Å². The molecule has 1 heterocycles. The van der Waals surface area contributed by atoms with E-state index in [2.05, 4.69) is 10.3 Å². The normalized spacial score (nSPS) is 12.3. The van der Waals surface area contributed by atoms with E-state index in [0.717, 1.165) is 5.69 Å². The molecule has 100 valence electrons. The van der Waals surface area contributed by atoms with E-state index in [0.29, 0.717) is 12.1 Å². The Morgan fingerprint density at radius 3 is 2.58 bits per heavy atom. The smallest absolute Gasteiger partial charge is 0.200 e. The molecular formula is C14H16N2O3. The van der Waals surface area contributed by atoms with Gasteiger partial charge in [0.1, 0.15) is 0 Å². The van der Waals surface area contributed by atoms with Crippen LogP contribution in [-0.2, 0) is 6.54 Å². The highest BCUT2D eigenvalue weighted by molar-refractivity contribution is 5.53. The molecule has 0 aliphatic heterocycles. The molecular weight excluding hydrogens is 244 g/mol. The summed E-state index contributed by atoms with van der Waals surface area (Å²) in [4.78, 5) is 4.23. The molecule has 0 bridgehead atoms. The van der Waals surface area contributed by atoms with E-state index >= 15 is 0 Å². The highest BCUT2D eigenvalue weighted by Crippen LogP contribution is 2.37. The number of hydrogen-bond acceptors (Lipinski definition) is 5. The zero-order valence-electron chi connectivity index (χ0n) is 10.5. The summed E-state index contributed by atoms with van der Waals surface area (Å²) in [7, 11) is 0. The standard InChI is InChI=1S/C14H16N2O3/c1-9(11-4-2-3-7-15-11)16-8-10-5-6-12(17)14(19)13(10)18/h2-7,9,16-19H,8H2,1H3/t9-/m1/s1. The van der Waals surface area contributed by atoms with Crippen LogP contribution in [0, 0.1) is 0 Å². The first kappa shape index (κ1) is 13.2. The minimum Gasteiger partial charge on any atom is -0.504 e. The topological polar surface area (TPSA) is 85.6 Å². The molecule has 0 unspecified atom stereocenters. The summed E-state index contributed by atoms with van der Waals surface area (Å²) in [6.45, 7) is 2.32. The molecule has 1 aromatic carbocycles.